The minimum atomic E-state index is 0.957. The molecule has 1 aromatic heterocycles. The molecule has 1 N–H and O–H groups in total. The molecule has 0 aliphatic heterocycles. The minimum Gasteiger partial charge on any atom is -0.317 e. The van der Waals surface area contributed by atoms with E-state index in [2.05, 4.69) is 53.6 Å². The van der Waals surface area contributed by atoms with E-state index in [1.807, 2.05) is 0 Å². The normalized spacial score (nSPS) is 10.8. The van der Waals surface area contributed by atoms with Gasteiger partial charge in [-0.25, -0.2) is 0 Å². The molecule has 4 heteroatoms. The molecule has 0 saturated heterocycles. The molecular weight excluding hydrogens is 242 g/mol. The van der Waals surface area contributed by atoms with Crippen LogP contribution in [-0.4, -0.2) is 23.3 Å². The second kappa shape index (κ2) is 6.61. The first-order valence-corrected chi connectivity index (χ1v) is 7.27. The maximum absolute atomic E-state index is 4.26. The first-order valence-electron chi connectivity index (χ1n) is 6.46. The molecular formula is C14H19N3S. The van der Waals surface area contributed by atoms with Gasteiger partial charge in [0.05, 0.1) is 0 Å². The van der Waals surface area contributed by atoms with Gasteiger partial charge in [-0.2, -0.15) is 0 Å². The Morgan fingerprint density at radius 2 is 1.89 bits per heavy atom. The molecule has 0 unspecified atom stereocenters. The van der Waals surface area contributed by atoms with Crippen LogP contribution in [0.4, 0.5) is 0 Å². The number of likely N-dealkylation sites (N-methyl/N-ethyl adjacent to an activating group) is 1. The number of nitrogens with one attached hydrogen (secondary N) is 1. The lowest BCUT2D eigenvalue weighted by molar-refractivity contribution is 0.710. The topological polar surface area (TPSA) is 37.8 Å². The molecule has 1 aromatic carbocycles. The van der Waals surface area contributed by atoms with Gasteiger partial charge in [0, 0.05) is 18.5 Å². The molecule has 0 spiro atoms. The summed E-state index contributed by atoms with van der Waals surface area (Å²) in [7, 11) is 0. The maximum atomic E-state index is 4.26. The molecule has 0 amide bonds. The first kappa shape index (κ1) is 13.2. The van der Waals surface area contributed by atoms with Gasteiger partial charge in [-0.05, 0) is 18.5 Å². The monoisotopic (exact) mass is 261 g/mol. The summed E-state index contributed by atoms with van der Waals surface area (Å²) >= 11 is 1.69. The molecule has 96 valence electrons. The zero-order valence-electron chi connectivity index (χ0n) is 10.9. The van der Waals surface area contributed by atoms with Gasteiger partial charge in [0.25, 0.3) is 0 Å². The summed E-state index contributed by atoms with van der Waals surface area (Å²) in [5.74, 6) is 0. The van der Waals surface area contributed by atoms with Crippen LogP contribution >= 0.6 is 11.3 Å². The van der Waals surface area contributed by atoms with Crippen molar-refractivity contribution in [2.45, 2.75) is 26.7 Å². The van der Waals surface area contributed by atoms with E-state index in [0.717, 1.165) is 35.9 Å². The smallest absolute Gasteiger partial charge is 0.147 e. The fourth-order valence-electron chi connectivity index (χ4n) is 1.73. The molecule has 0 aliphatic rings. The van der Waals surface area contributed by atoms with E-state index in [0.29, 0.717) is 0 Å². The number of hydrogen-bond donors (Lipinski definition) is 1. The lowest BCUT2D eigenvalue weighted by Crippen LogP contribution is -2.15. The summed E-state index contributed by atoms with van der Waals surface area (Å²) in [4.78, 5) is 0. The predicted octanol–water partition coefficient (Wildman–Crippen LogP) is 2.92. The van der Waals surface area contributed by atoms with Crippen LogP contribution < -0.4 is 5.32 Å². The average molecular weight is 261 g/mol. The SMILES string of the molecule is CCNCCc1nnc(-c2ccc(CC)cc2)s1. The van der Waals surface area contributed by atoms with Crippen molar-refractivity contribution < 1.29 is 0 Å². The van der Waals surface area contributed by atoms with Crippen molar-refractivity contribution in [3.05, 3.63) is 34.8 Å². The number of hydrogen-bond acceptors (Lipinski definition) is 4. The number of nitrogens with zero attached hydrogens (tertiary/aromatic N) is 2. The van der Waals surface area contributed by atoms with Gasteiger partial charge in [0.1, 0.15) is 10.0 Å². The van der Waals surface area contributed by atoms with E-state index >= 15 is 0 Å². The Hall–Kier alpha value is -1.26. The lowest BCUT2D eigenvalue weighted by Gasteiger charge is -1.98. The molecule has 0 aliphatic carbocycles. The Morgan fingerprint density at radius 3 is 2.56 bits per heavy atom. The van der Waals surface area contributed by atoms with Crippen molar-refractivity contribution in [2.24, 2.45) is 0 Å². The van der Waals surface area contributed by atoms with Crippen molar-refractivity contribution >= 4 is 11.3 Å². The molecule has 0 radical (unpaired) electrons. The molecule has 0 bridgehead atoms. The highest BCUT2D eigenvalue weighted by atomic mass is 32.1. The molecule has 18 heavy (non-hydrogen) atoms. The fraction of sp³-hybridized carbons (Fsp3) is 0.429. The maximum Gasteiger partial charge on any atom is 0.147 e. The summed E-state index contributed by atoms with van der Waals surface area (Å²) in [6, 6.07) is 8.59. The number of aromatic nitrogens is 2. The number of benzene rings is 1. The zero-order valence-corrected chi connectivity index (χ0v) is 11.8. The van der Waals surface area contributed by atoms with Gasteiger partial charge in [-0.15, -0.1) is 10.2 Å². The third-order valence-electron chi connectivity index (χ3n) is 2.84. The molecule has 2 rings (SSSR count). The summed E-state index contributed by atoms with van der Waals surface area (Å²) in [5.41, 5.74) is 2.52. The zero-order chi connectivity index (χ0) is 12.8. The standard InChI is InChI=1S/C14H19N3S/c1-3-11-5-7-12(8-6-11)14-17-16-13(18-14)9-10-15-4-2/h5-8,15H,3-4,9-10H2,1-2H3. The van der Waals surface area contributed by atoms with Crippen molar-refractivity contribution in [1.29, 1.82) is 0 Å². The second-order valence-corrected chi connectivity index (χ2v) is 5.22. The van der Waals surface area contributed by atoms with E-state index in [1.54, 1.807) is 11.3 Å². The summed E-state index contributed by atoms with van der Waals surface area (Å²) in [5, 5.41) is 13.9. The van der Waals surface area contributed by atoms with Crippen LogP contribution in [0.1, 0.15) is 24.4 Å². The molecule has 3 nitrogen and oxygen atoms in total. The third-order valence-corrected chi connectivity index (χ3v) is 3.87. The lowest BCUT2D eigenvalue weighted by atomic mass is 10.1. The van der Waals surface area contributed by atoms with Crippen LogP contribution in [-0.2, 0) is 12.8 Å². The van der Waals surface area contributed by atoms with Crippen LogP contribution in [0, 0.1) is 0 Å². The van der Waals surface area contributed by atoms with E-state index in [4.69, 9.17) is 0 Å². The minimum absolute atomic E-state index is 0.957. The van der Waals surface area contributed by atoms with Crippen LogP contribution in [0.2, 0.25) is 0 Å². The van der Waals surface area contributed by atoms with Gasteiger partial charge < -0.3 is 5.32 Å². The summed E-state index contributed by atoms with van der Waals surface area (Å²) < 4.78 is 0. The molecule has 0 saturated carbocycles. The van der Waals surface area contributed by atoms with Crippen LogP contribution in [0.25, 0.3) is 10.6 Å². The molecule has 0 atom stereocenters. The Kier molecular flexibility index (Phi) is 4.84. The quantitative estimate of drug-likeness (QED) is 0.812. The van der Waals surface area contributed by atoms with Gasteiger partial charge >= 0.3 is 0 Å². The van der Waals surface area contributed by atoms with E-state index in [1.165, 1.54) is 11.1 Å². The highest BCUT2D eigenvalue weighted by molar-refractivity contribution is 7.14. The Balaban J connectivity index is 2.04. The molecule has 1 heterocycles. The average Bonchev–Trinajstić information content (AvgIpc) is 2.88. The highest BCUT2D eigenvalue weighted by Crippen LogP contribution is 2.23. The van der Waals surface area contributed by atoms with Crippen molar-refractivity contribution in [3.63, 3.8) is 0 Å². The van der Waals surface area contributed by atoms with Crippen LogP contribution in [0.5, 0.6) is 0 Å². The largest absolute Gasteiger partial charge is 0.317 e. The second-order valence-electron chi connectivity index (χ2n) is 4.15. The van der Waals surface area contributed by atoms with Crippen molar-refractivity contribution in [2.75, 3.05) is 13.1 Å². The van der Waals surface area contributed by atoms with Gasteiger partial charge in [-0.3, -0.25) is 0 Å². The fourth-order valence-corrected chi connectivity index (χ4v) is 2.57. The van der Waals surface area contributed by atoms with Gasteiger partial charge in [-0.1, -0.05) is 49.4 Å². The van der Waals surface area contributed by atoms with Crippen LogP contribution in [0.3, 0.4) is 0 Å². The van der Waals surface area contributed by atoms with E-state index in [-0.39, 0.29) is 0 Å². The number of aryl methyl sites for hydroxylation is 1. The predicted molar refractivity (Wildman–Crippen MR) is 77.0 cm³/mol. The Morgan fingerprint density at radius 1 is 1.11 bits per heavy atom. The Labute approximate surface area is 112 Å². The van der Waals surface area contributed by atoms with Crippen LogP contribution in [0.15, 0.2) is 24.3 Å². The van der Waals surface area contributed by atoms with Crippen molar-refractivity contribution in [3.8, 4) is 10.6 Å². The summed E-state index contributed by atoms with van der Waals surface area (Å²) in [6.07, 6.45) is 2.03. The molecule has 0 fully saturated rings. The Bertz CT molecular complexity index is 476. The van der Waals surface area contributed by atoms with Gasteiger partial charge in [0.2, 0.25) is 0 Å². The summed E-state index contributed by atoms with van der Waals surface area (Å²) in [6.45, 7) is 6.25. The number of rotatable bonds is 6. The third kappa shape index (κ3) is 3.37. The van der Waals surface area contributed by atoms with E-state index < -0.39 is 0 Å². The first-order chi connectivity index (χ1) is 8.83. The van der Waals surface area contributed by atoms with E-state index in [9.17, 15) is 0 Å². The molecule has 2 aromatic rings. The highest BCUT2D eigenvalue weighted by Gasteiger charge is 2.06. The van der Waals surface area contributed by atoms with Gasteiger partial charge in [0.15, 0.2) is 0 Å². The van der Waals surface area contributed by atoms with Crippen molar-refractivity contribution in [1.82, 2.24) is 15.5 Å².